The lowest BCUT2D eigenvalue weighted by Crippen LogP contribution is -2.39. The van der Waals surface area contributed by atoms with E-state index in [0.29, 0.717) is 40.9 Å². The Morgan fingerprint density at radius 2 is 0.667 bits per heavy atom. The van der Waals surface area contributed by atoms with Crippen LogP contribution in [0.25, 0.3) is 0 Å². The summed E-state index contributed by atoms with van der Waals surface area (Å²) in [4.78, 5) is 39.4. The van der Waals surface area contributed by atoms with E-state index in [-0.39, 0.29) is 36.5 Å². The van der Waals surface area contributed by atoms with Gasteiger partial charge < -0.3 is 42.6 Å². The third-order valence-corrected chi connectivity index (χ3v) is 7.04. The van der Waals surface area contributed by atoms with E-state index in [1.165, 1.54) is 79.1 Å². The molecule has 0 fully saturated rings. The van der Waals surface area contributed by atoms with Crippen molar-refractivity contribution in [3.8, 4) is 34.5 Å². The van der Waals surface area contributed by atoms with Crippen LogP contribution in [0.2, 0.25) is 0 Å². The first-order valence-electron chi connectivity index (χ1n) is 13.8. The Kier molecular flexibility index (Phi) is 12.3. The molecule has 0 aliphatic heterocycles. The lowest BCUT2D eigenvalue weighted by molar-refractivity contribution is -0.0382. The highest BCUT2D eigenvalue weighted by atomic mass is 16.6. The Morgan fingerprint density at radius 3 is 0.844 bits per heavy atom. The molecule has 0 aliphatic rings. The molecular weight excluding hydrogens is 588 g/mol. The number of hydrogen-bond donors (Lipinski definition) is 0. The zero-order chi connectivity index (χ0) is 33.0. The molecule has 0 unspecified atom stereocenters. The van der Waals surface area contributed by atoms with E-state index in [1.54, 1.807) is 25.1 Å². The summed E-state index contributed by atoms with van der Waals surface area (Å²) in [5.41, 5.74) is -0.595. The molecule has 242 valence electrons. The van der Waals surface area contributed by atoms with E-state index in [9.17, 15) is 14.4 Å². The molecule has 3 aromatic carbocycles. The van der Waals surface area contributed by atoms with Gasteiger partial charge in [0, 0.05) is 18.2 Å². The molecular formula is C33H38O12. The predicted molar refractivity (Wildman–Crippen MR) is 162 cm³/mol. The Balaban J connectivity index is 1.86. The van der Waals surface area contributed by atoms with Crippen LogP contribution in [0.5, 0.6) is 34.5 Å². The minimum Gasteiger partial charge on any atom is -0.497 e. The molecule has 0 aromatic heterocycles. The number of rotatable bonds is 16. The zero-order valence-corrected chi connectivity index (χ0v) is 26.4. The van der Waals surface area contributed by atoms with Crippen LogP contribution < -0.4 is 28.4 Å². The molecule has 0 saturated carbocycles. The molecule has 0 N–H and O–H groups in total. The monoisotopic (exact) mass is 626 g/mol. The Bertz CT molecular complexity index is 1240. The number of ether oxygens (including phenoxy) is 9. The molecule has 12 nitrogen and oxygen atoms in total. The maximum atomic E-state index is 13.1. The maximum absolute atomic E-state index is 13.1. The first-order chi connectivity index (χ1) is 21.6. The van der Waals surface area contributed by atoms with Gasteiger partial charge >= 0.3 is 17.9 Å². The number of carbonyl (C=O) groups is 3. The van der Waals surface area contributed by atoms with Crippen molar-refractivity contribution in [2.45, 2.75) is 13.3 Å². The molecule has 12 heteroatoms. The van der Waals surface area contributed by atoms with Gasteiger partial charge in [-0.25, -0.2) is 14.4 Å². The van der Waals surface area contributed by atoms with Crippen LogP contribution in [-0.4, -0.2) is 80.4 Å². The summed E-state index contributed by atoms with van der Waals surface area (Å²) in [6.45, 7) is 1.02. The highest BCUT2D eigenvalue weighted by Gasteiger charge is 2.35. The van der Waals surface area contributed by atoms with Gasteiger partial charge in [-0.15, -0.1) is 0 Å². The first-order valence-corrected chi connectivity index (χ1v) is 13.8. The van der Waals surface area contributed by atoms with Crippen LogP contribution in [0, 0.1) is 5.41 Å². The lowest BCUT2D eigenvalue weighted by atomic mass is 9.88. The molecule has 0 aliphatic carbocycles. The summed E-state index contributed by atoms with van der Waals surface area (Å²) in [5.74, 6) is 0.332. The SMILES string of the molecule is CCC(COC(=O)c1cc(OC)cc(OC)c1)(COC(=O)c1cc(OC)cc(OC)c1)COC(=O)c1cc(OC)cc(OC)c1. The normalized spacial score (nSPS) is 10.7. The van der Waals surface area contributed by atoms with E-state index in [0.717, 1.165) is 0 Å². The highest BCUT2D eigenvalue weighted by molar-refractivity contribution is 5.92. The third-order valence-electron chi connectivity index (χ3n) is 7.04. The van der Waals surface area contributed by atoms with Crippen LogP contribution in [0.4, 0.5) is 0 Å². The van der Waals surface area contributed by atoms with Crippen LogP contribution in [0.3, 0.4) is 0 Å². The van der Waals surface area contributed by atoms with E-state index >= 15 is 0 Å². The van der Waals surface area contributed by atoms with Gasteiger partial charge in [0.1, 0.15) is 54.3 Å². The number of hydrogen-bond acceptors (Lipinski definition) is 12. The fourth-order valence-corrected chi connectivity index (χ4v) is 4.11. The summed E-state index contributed by atoms with van der Waals surface area (Å²) >= 11 is 0. The lowest BCUT2D eigenvalue weighted by Gasteiger charge is -2.31. The van der Waals surface area contributed by atoms with E-state index < -0.39 is 23.3 Å². The zero-order valence-electron chi connectivity index (χ0n) is 26.4. The van der Waals surface area contributed by atoms with Crippen LogP contribution in [-0.2, 0) is 14.2 Å². The largest absolute Gasteiger partial charge is 0.497 e. The molecule has 0 saturated heterocycles. The molecule has 0 radical (unpaired) electrons. The third kappa shape index (κ3) is 9.18. The average Bonchev–Trinajstić information content (AvgIpc) is 3.09. The summed E-state index contributed by atoms with van der Waals surface area (Å²) in [5, 5.41) is 0. The maximum Gasteiger partial charge on any atom is 0.338 e. The number of benzene rings is 3. The molecule has 0 spiro atoms. The molecule has 0 bridgehead atoms. The Morgan fingerprint density at radius 1 is 0.444 bits per heavy atom. The van der Waals surface area contributed by atoms with Crippen molar-refractivity contribution < 1.29 is 57.0 Å². The predicted octanol–water partition coefficient (Wildman–Crippen LogP) is 5.01. The molecule has 3 aromatic rings. The second-order valence-electron chi connectivity index (χ2n) is 9.89. The fourth-order valence-electron chi connectivity index (χ4n) is 4.11. The number of methoxy groups -OCH3 is 6. The van der Waals surface area contributed by atoms with Crippen molar-refractivity contribution in [2.75, 3.05) is 62.5 Å². The van der Waals surface area contributed by atoms with Crippen LogP contribution in [0.1, 0.15) is 44.4 Å². The van der Waals surface area contributed by atoms with E-state index in [1.807, 2.05) is 0 Å². The second kappa shape index (κ2) is 16.1. The highest BCUT2D eigenvalue weighted by Crippen LogP contribution is 2.30. The summed E-state index contributed by atoms with van der Waals surface area (Å²) in [7, 11) is 8.78. The van der Waals surface area contributed by atoms with Crippen molar-refractivity contribution in [1.29, 1.82) is 0 Å². The summed E-state index contributed by atoms with van der Waals surface area (Å²) in [6, 6.07) is 13.9. The van der Waals surface area contributed by atoms with Crippen molar-refractivity contribution in [3.05, 3.63) is 71.3 Å². The van der Waals surface area contributed by atoms with Gasteiger partial charge in [0.15, 0.2) is 0 Å². The van der Waals surface area contributed by atoms with E-state index in [4.69, 9.17) is 42.6 Å². The van der Waals surface area contributed by atoms with Crippen molar-refractivity contribution in [3.63, 3.8) is 0 Å². The quantitative estimate of drug-likeness (QED) is 0.156. The number of carbonyl (C=O) groups excluding carboxylic acids is 3. The minimum absolute atomic E-state index is 0.178. The van der Waals surface area contributed by atoms with E-state index in [2.05, 4.69) is 0 Å². The standard InChI is InChI=1S/C33H38O12/c1-8-33(18-43-30(34)21-9-24(37-2)15-25(10-21)38-3,19-44-31(35)22-11-26(39-4)16-27(12-22)40-5)20-45-32(36)23-13-28(41-6)17-29(14-23)42-7/h9-17H,8,18-20H2,1-7H3. The van der Waals surface area contributed by atoms with Crippen molar-refractivity contribution in [2.24, 2.45) is 5.41 Å². The Labute approximate surface area is 262 Å². The van der Waals surface area contributed by atoms with Gasteiger partial charge in [0.25, 0.3) is 0 Å². The smallest absolute Gasteiger partial charge is 0.338 e. The fraction of sp³-hybridized carbons (Fsp3) is 0.364. The average molecular weight is 627 g/mol. The van der Waals surface area contributed by atoms with Gasteiger partial charge in [0.2, 0.25) is 0 Å². The molecule has 0 atom stereocenters. The summed E-state index contributed by atoms with van der Waals surface area (Å²) in [6.07, 6.45) is 0.297. The number of esters is 3. The van der Waals surface area contributed by atoms with Gasteiger partial charge in [-0.3, -0.25) is 0 Å². The summed E-state index contributed by atoms with van der Waals surface area (Å²) < 4.78 is 48.6. The first kappa shape index (κ1) is 34.4. The van der Waals surface area contributed by atoms with Crippen LogP contribution >= 0.6 is 0 Å². The van der Waals surface area contributed by atoms with Gasteiger partial charge in [-0.2, -0.15) is 0 Å². The molecule has 0 heterocycles. The second-order valence-corrected chi connectivity index (χ2v) is 9.89. The van der Waals surface area contributed by atoms with Crippen molar-refractivity contribution in [1.82, 2.24) is 0 Å². The van der Waals surface area contributed by atoms with Crippen molar-refractivity contribution >= 4 is 17.9 Å². The molecule has 0 amide bonds. The van der Waals surface area contributed by atoms with Gasteiger partial charge in [-0.05, 0) is 42.8 Å². The van der Waals surface area contributed by atoms with Crippen LogP contribution in [0.15, 0.2) is 54.6 Å². The van der Waals surface area contributed by atoms with Gasteiger partial charge in [0.05, 0.1) is 64.8 Å². The molecule has 3 rings (SSSR count). The topological polar surface area (TPSA) is 134 Å². The molecule has 45 heavy (non-hydrogen) atoms. The minimum atomic E-state index is -1.13. The Hall–Kier alpha value is -5.13. The van der Waals surface area contributed by atoms with Gasteiger partial charge in [-0.1, -0.05) is 6.92 Å².